The van der Waals surface area contributed by atoms with Crippen LogP contribution in [0.15, 0.2) is 42.5 Å². The maximum atomic E-state index is 12.7. The Balaban J connectivity index is 2.16. The second-order valence-electron chi connectivity index (χ2n) is 3.59. The van der Waals surface area contributed by atoms with Crippen molar-refractivity contribution >= 4 is 34.8 Å². The quantitative estimate of drug-likeness (QED) is 0.870. The van der Waals surface area contributed by atoms with E-state index >= 15 is 0 Å². The van der Waals surface area contributed by atoms with Gasteiger partial charge in [-0.2, -0.15) is 0 Å². The summed E-state index contributed by atoms with van der Waals surface area (Å²) in [5, 5.41) is 3.41. The van der Waals surface area contributed by atoms with Crippen LogP contribution in [0.5, 0.6) is 0 Å². The van der Waals surface area contributed by atoms with E-state index in [2.05, 4.69) is 5.32 Å². The molecule has 5 heteroatoms. The maximum Gasteiger partial charge on any atom is 0.255 e. The number of hydrogen-bond acceptors (Lipinski definition) is 1. The van der Waals surface area contributed by atoms with Gasteiger partial charge in [-0.05, 0) is 42.5 Å². The standard InChI is InChI=1S/C13H8Cl2FNO/c14-11-6-5-10(7-12(11)15)17-13(18)8-1-3-9(16)4-2-8/h1-7H,(H,17,18). The molecule has 0 spiro atoms. The predicted molar refractivity (Wildman–Crippen MR) is 70.8 cm³/mol. The molecule has 1 amide bonds. The van der Waals surface area contributed by atoms with Crippen LogP contribution in [-0.2, 0) is 0 Å². The molecule has 2 nitrogen and oxygen atoms in total. The summed E-state index contributed by atoms with van der Waals surface area (Å²) < 4.78 is 12.7. The third-order valence-corrected chi connectivity index (χ3v) is 3.02. The molecular formula is C13H8Cl2FNO. The topological polar surface area (TPSA) is 29.1 Å². The maximum absolute atomic E-state index is 12.7. The number of carbonyl (C=O) groups is 1. The van der Waals surface area contributed by atoms with Gasteiger partial charge in [-0.25, -0.2) is 4.39 Å². The number of amides is 1. The number of anilines is 1. The predicted octanol–water partition coefficient (Wildman–Crippen LogP) is 4.38. The smallest absolute Gasteiger partial charge is 0.255 e. The number of nitrogens with one attached hydrogen (secondary N) is 1. The fourth-order valence-corrected chi connectivity index (χ4v) is 1.68. The molecule has 0 aliphatic carbocycles. The Kier molecular flexibility index (Phi) is 3.84. The molecule has 0 aliphatic heterocycles. The minimum absolute atomic E-state index is 0.339. The highest BCUT2D eigenvalue weighted by molar-refractivity contribution is 6.42. The fraction of sp³-hybridized carbons (Fsp3) is 0. The number of rotatable bonds is 2. The number of halogens is 3. The van der Waals surface area contributed by atoms with Crippen molar-refractivity contribution in [2.24, 2.45) is 0 Å². The van der Waals surface area contributed by atoms with Gasteiger partial charge in [0, 0.05) is 11.3 Å². The Hall–Kier alpha value is -1.58. The van der Waals surface area contributed by atoms with E-state index in [-0.39, 0.29) is 11.7 Å². The monoisotopic (exact) mass is 283 g/mol. The Labute approximate surface area is 113 Å². The molecule has 0 aliphatic rings. The Morgan fingerprint density at radius 3 is 2.28 bits per heavy atom. The van der Waals surface area contributed by atoms with Crippen LogP contribution in [-0.4, -0.2) is 5.91 Å². The molecule has 0 aromatic heterocycles. The van der Waals surface area contributed by atoms with Crippen molar-refractivity contribution in [1.82, 2.24) is 0 Å². The lowest BCUT2D eigenvalue weighted by Gasteiger charge is -2.06. The lowest BCUT2D eigenvalue weighted by Crippen LogP contribution is -2.11. The van der Waals surface area contributed by atoms with Crippen LogP contribution in [0.3, 0.4) is 0 Å². The van der Waals surface area contributed by atoms with Crippen LogP contribution < -0.4 is 5.32 Å². The zero-order valence-corrected chi connectivity index (χ0v) is 10.6. The molecule has 0 heterocycles. The Morgan fingerprint density at radius 1 is 1.00 bits per heavy atom. The fourth-order valence-electron chi connectivity index (χ4n) is 1.38. The van der Waals surface area contributed by atoms with E-state index in [1.807, 2.05) is 0 Å². The molecule has 0 saturated heterocycles. The summed E-state index contributed by atoms with van der Waals surface area (Å²) in [6, 6.07) is 10.0. The molecule has 0 atom stereocenters. The van der Waals surface area contributed by atoms with Crippen molar-refractivity contribution in [1.29, 1.82) is 0 Å². The lowest BCUT2D eigenvalue weighted by molar-refractivity contribution is 0.102. The minimum atomic E-state index is -0.388. The van der Waals surface area contributed by atoms with Crippen molar-refractivity contribution in [3.63, 3.8) is 0 Å². The molecule has 0 fully saturated rings. The van der Waals surface area contributed by atoms with Gasteiger partial charge < -0.3 is 5.32 Å². The first-order valence-corrected chi connectivity index (χ1v) is 5.84. The van der Waals surface area contributed by atoms with E-state index in [1.165, 1.54) is 24.3 Å². The van der Waals surface area contributed by atoms with Crippen molar-refractivity contribution in [3.05, 3.63) is 63.9 Å². The van der Waals surface area contributed by atoms with Crippen LogP contribution in [0.4, 0.5) is 10.1 Å². The lowest BCUT2D eigenvalue weighted by atomic mass is 10.2. The van der Waals surface area contributed by atoms with E-state index in [1.54, 1.807) is 18.2 Å². The van der Waals surface area contributed by atoms with Crippen molar-refractivity contribution in [3.8, 4) is 0 Å². The van der Waals surface area contributed by atoms with Crippen LogP contribution in [0.25, 0.3) is 0 Å². The summed E-state index contributed by atoms with van der Waals surface area (Å²) >= 11 is 11.6. The molecule has 2 rings (SSSR count). The molecule has 0 unspecified atom stereocenters. The van der Waals surface area contributed by atoms with Crippen LogP contribution in [0.2, 0.25) is 10.0 Å². The van der Waals surface area contributed by atoms with Gasteiger partial charge in [0.1, 0.15) is 5.82 Å². The minimum Gasteiger partial charge on any atom is -0.322 e. The van der Waals surface area contributed by atoms with E-state index in [0.717, 1.165) is 0 Å². The van der Waals surface area contributed by atoms with E-state index in [9.17, 15) is 9.18 Å². The third-order valence-electron chi connectivity index (χ3n) is 2.28. The van der Waals surface area contributed by atoms with Crippen LogP contribution in [0, 0.1) is 5.82 Å². The first-order chi connectivity index (χ1) is 8.56. The molecule has 0 saturated carbocycles. The third kappa shape index (κ3) is 3.00. The van der Waals surface area contributed by atoms with Gasteiger partial charge in [0.2, 0.25) is 0 Å². The highest BCUT2D eigenvalue weighted by Crippen LogP contribution is 2.25. The second kappa shape index (κ2) is 5.38. The van der Waals surface area contributed by atoms with Gasteiger partial charge in [0.25, 0.3) is 5.91 Å². The summed E-state index contributed by atoms with van der Waals surface area (Å²) in [5.74, 6) is -0.727. The van der Waals surface area contributed by atoms with Gasteiger partial charge in [0.05, 0.1) is 10.0 Å². The van der Waals surface area contributed by atoms with E-state index in [4.69, 9.17) is 23.2 Å². The summed E-state index contributed by atoms with van der Waals surface area (Å²) in [6.45, 7) is 0. The van der Waals surface area contributed by atoms with Gasteiger partial charge >= 0.3 is 0 Å². The number of benzene rings is 2. The molecule has 0 bridgehead atoms. The van der Waals surface area contributed by atoms with Crippen molar-refractivity contribution in [2.45, 2.75) is 0 Å². The van der Waals surface area contributed by atoms with E-state index in [0.29, 0.717) is 21.3 Å². The average molecular weight is 284 g/mol. The van der Waals surface area contributed by atoms with Crippen molar-refractivity contribution < 1.29 is 9.18 Å². The van der Waals surface area contributed by atoms with Gasteiger partial charge in [-0.3, -0.25) is 4.79 Å². The molecular weight excluding hydrogens is 276 g/mol. The molecule has 18 heavy (non-hydrogen) atoms. The SMILES string of the molecule is O=C(Nc1ccc(Cl)c(Cl)c1)c1ccc(F)cc1. The normalized spacial score (nSPS) is 10.2. The van der Waals surface area contributed by atoms with Crippen LogP contribution in [0.1, 0.15) is 10.4 Å². The highest BCUT2D eigenvalue weighted by atomic mass is 35.5. The first kappa shape index (κ1) is 12.9. The molecule has 2 aromatic carbocycles. The number of hydrogen-bond donors (Lipinski definition) is 1. The van der Waals surface area contributed by atoms with Gasteiger partial charge in [0.15, 0.2) is 0 Å². The second-order valence-corrected chi connectivity index (χ2v) is 4.40. The highest BCUT2D eigenvalue weighted by Gasteiger charge is 2.07. The summed E-state index contributed by atoms with van der Waals surface area (Å²) in [6.07, 6.45) is 0. The molecule has 1 N–H and O–H groups in total. The Morgan fingerprint density at radius 2 is 1.67 bits per heavy atom. The zero-order chi connectivity index (χ0) is 13.1. The first-order valence-electron chi connectivity index (χ1n) is 5.08. The van der Waals surface area contributed by atoms with Gasteiger partial charge in [-0.15, -0.1) is 0 Å². The molecule has 92 valence electrons. The zero-order valence-electron chi connectivity index (χ0n) is 9.08. The van der Waals surface area contributed by atoms with Gasteiger partial charge in [-0.1, -0.05) is 23.2 Å². The largest absolute Gasteiger partial charge is 0.322 e. The number of carbonyl (C=O) groups excluding carboxylic acids is 1. The molecule has 2 aromatic rings. The average Bonchev–Trinajstić information content (AvgIpc) is 2.34. The van der Waals surface area contributed by atoms with Crippen molar-refractivity contribution in [2.75, 3.05) is 5.32 Å². The molecule has 0 radical (unpaired) electrons. The summed E-state index contributed by atoms with van der Waals surface area (Å²) in [5.41, 5.74) is 0.890. The van der Waals surface area contributed by atoms with E-state index < -0.39 is 0 Å². The summed E-state index contributed by atoms with van der Waals surface area (Å²) in [7, 11) is 0. The Bertz CT molecular complexity index is 584. The van der Waals surface area contributed by atoms with Crippen LogP contribution >= 0.6 is 23.2 Å². The summed E-state index contributed by atoms with van der Waals surface area (Å²) in [4.78, 5) is 11.8.